The summed E-state index contributed by atoms with van der Waals surface area (Å²) in [5, 5.41) is 12.5. The van der Waals surface area contributed by atoms with Crippen LogP contribution in [0.15, 0.2) is 53.7 Å². The molecule has 0 radical (unpaired) electrons. The number of aromatic amines is 1. The lowest BCUT2D eigenvalue weighted by molar-refractivity contribution is -0.113. The fraction of sp³-hybridized carbons (Fsp3) is 0.111. The van der Waals surface area contributed by atoms with Gasteiger partial charge in [-0.25, -0.2) is 9.37 Å². The van der Waals surface area contributed by atoms with Crippen molar-refractivity contribution in [1.29, 1.82) is 0 Å². The Morgan fingerprint density at radius 1 is 1.11 bits per heavy atom. The maximum Gasteiger partial charge on any atom is 0.257 e. The summed E-state index contributed by atoms with van der Waals surface area (Å²) in [6.07, 6.45) is 0. The minimum atomic E-state index is -0.408. The van der Waals surface area contributed by atoms with E-state index in [2.05, 4.69) is 25.8 Å². The van der Waals surface area contributed by atoms with Crippen molar-refractivity contribution in [3.05, 3.63) is 65.7 Å². The van der Waals surface area contributed by atoms with Gasteiger partial charge in [-0.05, 0) is 43.3 Å². The molecule has 0 saturated heterocycles. The second-order valence-electron chi connectivity index (χ2n) is 5.55. The molecule has 0 atom stereocenters. The van der Waals surface area contributed by atoms with Crippen LogP contribution in [0.25, 0.3) is 0 Å². The number of anilines is 2. The monoisotopic (exact) mass is 385 g/mol. The fourth-order valence-electron chi connectivity index (χ4n) is 2.22. The van der Waals surface area contributed by atoms with Gasteiger partial charge in [0, 0.05) is 5.69 Å². The van der Waals surface area contributed by atoms with Crippen molar-refractivity contribution in [3.8, 4) is 0 Å². The Kier molecular flexibility index (Phi) is 5.82. The zero-order valence-corrected chi connectivity index (χ0v) is 15.1. The number of halogens is 1. The Morgan fingerprint density at radius 3 is 2.56 bits per heavy atom. The number of benzene rings is 2. The van der Waals surface area contributed by atoms with Gasteiger partial charge < -0.3 is 10.6 Å². The summed E-state index contributed by atoms with van der Waals surface area (Å²) in [6, 6.07) is 12.1. The number of nitrogens with zero attached hydrogens (tertiary/aromatic N) is 2. The van der Waals surface area contributed by atoms with Gasteiger partial charge >= 0.3 is 0 Å². The molecule has 27 heavy (non-hydrogen) atoms. The van der Waals surface area contributed by atoms with Gasteiger partial charge in [-0.1, -0.05) is 23.9 Å². The molecule has 0 aliphatic heterocycles. The normalized spacial score (nSPS) is 10.4. The van der Waals surface area contributed by atoms with Crippen LogP contribution in [-0.2, 0) is 4.79 Å². The molecule has 0 unspecified atom stereocenters. The van der Waals surface area contributed by atoms with Crippen LogP contribution in [0.2, 0.25) is 0 Å². The van der Waals surface area contributed by atoms with Crippen molar-refractivity contribution in [2.45, 2.75) is 12.1 Å². The smallest absolute Gasteiger partial charge is 0.257 e. The molecule has 1 heterocycles. The summed E-state index contributed by atoms with van der Waals surface area (Å²) in [4.78, 5) is 28.8. The molecule has 7 nitrogen and oxygen atoms in total. The third-order valence-corrected chi connectivity index (χ3v) is 4.30. The molecule has 0 saturated carbocycles. The van der Waals surface area contributed by atoms with Gasteiger partial charge in [0.05, 0.1) is 17.0 Å². The molecular formula is C18H16FN5O2S. The number of H-pyrrole nitrogens is 1. The fourth-order valence-corrected chi connectivity index (χ4v) is 2.87. The number of thioether (sulfide) groups is 1. The maximum absolute atomic E-state index is 13.0. The average molecular weight is 385 g/mol. The van der Waals surface area contributed by atoms with Crippen molar-refractivity contribution < 1.29 is 14.0 Å². The number of carbonyl (C=O) groups excluding carboxylic acids is 2. The number of rotatable bonds is 6. The number of para-hydroxylation sites is 1. The Hall–Kier alpha value is -3.20. The molecule has 3 rings (SSSR count). The highest BCUT2D eigenvalue weighted by molar-refractivity contribution is 7.99. The van der Waals surface area contributed by atoms with Crippen molar-refractivity contribution in [3.63, 3.8) is 0 Å². The Balaban J connectivity index is 1.64. The Bertz CT molecular complexity index is 958. The highest BCUT2D eigenvalue weighted by atomic mass is 32.2. The van der Waals surface area contributed by atoms with Crippen molar-refractivity contribution in [2.75, 3.05) is 16.4 Å². The van der Waals surface area contributed by atoms with Gasteiger partial charge in [0.25, 0.3) is 5.91 Å². The quantitative estimate of drug-likeness (QED) is 0.566. The number of amides is 2. The highest BCUT2D eigenvalue weighted by Gasteiger charge is 2.14. The predicted octanol–water partition coefficient (Wildman–Crippen LogP) is 3.24. The van der Waals surface area contributed by atoms with Crippen molar-refractivity contribution in [2.24, 2.45) is 0 Å². The Labute approximate surface area is 158 Å². The van der Waals surface area contributed by atoms with E-state index in [0.29, 0.717) is 27.9 Å². The number of nitrogens with one attached hydrogen (secondary N) is 3. The van der Waals surface area contributed by atoms with Crippen LogP contribution in [0.3, 0.4) is 0 Å². The third-order valence-electron chi connectivity index (χ3n) is 3.46. The molecule has 0 aliphatic rings. The second kappa shape index (κ2) is 8.45. The van der Waals surface area contributed by atoms with E-state index < -0.39 is 5.91 Å². The van der Waals surface area contributed by atoms with Crippen LogP contribution in [0, 0.1) is 12.7 Å². The summed E-state index contributed by atoms with van der Waals surface area (Å²) in [5.74, 6) is -0.315. The first-order valence-electron chi connectivity index (χ1n) is 7.99. The lowest BCUT2D eigenvalue weighted by atomic mass is 10.1. The largest absolute Gasteiger partial charge is 0.325 e. The molecule has 2 aromatic carbocycles. The third kappa shape index (κ3) is 5.14. The maximum atomic E-state index is 13.0. The van der Waals surface area contributed by atoms with E-state index >= 15 is 0 Å². The van der Waals surface area contributed by atoms with Crippen LogP contribution >= 0.6 is 11.8 Å². The minimum Gasteiger partial charge on any atom is -0.325 e. The molecule has 1 aromatic heterocycles. The SMILES string of the molecule is Cc1nc(SCC(=O)Nc2ccccc2C(=O)Nc2ccc(F)cc2)n[nH]1. The van der Waals surface area contributed by atoms with Crippen LogP contribution in [-0.4, -0.2) is 32.7 Å². The van der Waals surface area contributed by atoms with Gasteiger partial charge in [0.15, 0.2) is 0 Å². The lowest BCUT2D eigenvalue weighted by Gasteiger charge is -2.11. The van der Waals surface area contributed by atoms with E-state index in [4.69, 9.17) is 0 Å². The molecule has 2 amide bonds. The summed E-state index contributed by atoms with van der Waals surface area (Å²) in [7, 11) is 0. The molecule has 9 heteroatoms. The molecule has 3 aromatic rings. The van der Waals surface area contributed by atoms with Gasteiger partial charge in [-0.3, -0.25) is 14.7 Å². The number of carbonyl (C=O) groups is 2. The second-order valence-corrected chi connectivity index (χ2v) is 6.49. The summed E-state index contributed by atoms with van der Waals surface area (Å²) in [5.41, 5.74) is 1.14. The number of aromatic nitrogens is 3. The number of hydrogen-bond acceptors (Lipinski definition) is 5. The molecule has 0 spiro atoms. The minimum absolute atomic E-state index is 0.102. The molecule has 138 valence electrons. The zero-order valence-electron chi connectivity index (χ0n) is 14.3. The van der Waals surface area contributed by atoms with Crippen molar-refractivity contribution >= 4 is 35.0 Å². The van der Waals surface area contributed by atoms with E-state index in [1.54, 1.807) is 31.2 Å². The zero-order chi connectivity index (χ0) is 19.2. The molecule has 0 aliphatic carbocycles. The van der Waals surface area contributed by atoms with E-state index in [1.807, 2.05) is 0 Å². The molecule has 3 N–H and O–H groups in total. The van der Waals surface area contributed by atoms with Crippen LogP contribution < -0.4 is 10.6 Å². The summed E-state index contributed by atoms with van der Waals surface area (Å²) < 4.78 is 13.0. The van der Waals surface area contributed by atoms with E-state index in [0.717, 1.165) is 0 Å². The highest BCUT2D eigenvalue weighted by Crippen LogP contribution is 2.19. The van der Waals surface area contributed by atoms with Crippen LogP contribution in [0.1, 0.15) is 16.2 Å². The summed E-state index contributed by atoms with van der Waals surface area (Å²) >= 11 is 1.19. The Morgan fingerprint density at radius 2 is 1.85 bits per heavy atom. The number of aryl methyl sites for hydroxylation is 1. The predicted molar refractivity (Wildman–Crippen MR) is 101 cm³/mol. The first-order chi connectivity index (χ1) is 13.0. The molecular weight excluding hydrogens is 369 g/mol. The first-order valence-corrected chi connectivity index (χ1v) is 8.97. The van der Waals surface area contributed by atoms with E-state index in [-0.39, 0.29) is 17.5 Å². The van der Waals surface area contributed by atoms with Gasteiger partial charge in [-0.2, -0.15) is 0 Å². The van der Waals surface area contributed by atoms with Gasteiger partial charge in [0.2, 0.25) is 11.1 Å². The average Bonchev–Trinajstić information content (AvgIpc) is 3.08. The summed E-state index contributed by atoms with van der Waals surface area (Å²) in [6.45, 7) is 1.77. The van der Waals surface area contributed by atoms with Gasteiger partial charge in [-0.15, -0.1) is 5.10 Å². The topological polar surface area (TPSA) is 99.8 Å². The van der Waals surface area contributed by atoms with Gasteiger partial charge in [0.1, 0.15) is 11.6 Å². The standard InChI is InChI=1S/C18H16FN5O2S/c1-11-20-18(24-23-11)27-10-16(25)22-15-5-3-2-4-14(15)17(26)21-13-8-6-12(19)7-9-13/h2-9H,10H2,1H3,(H,21,26)(H,22,25)(H,20,23,24). The van der Waals surface area contributed by atoms with E-state index in [9.17, 15) is 14.0 Å². The lowest BCUT2D eigenvalue weighted by Crippen LogP contribution is -2.19. The van der Waals surface area contributed by atoms with E-state index in [1.165, 1.54) is 36.0 Å². The van der Waals surface area contributed by atoms with Crippen LogP contribution in [0.5, 0.6) is 0 Å². The van der Waals surface area contributed by atoms with Crippen molar-refractivity contribution in [1.82, 2.24) is 15.2 Å². The first kappa shape index (κ1) is 18.6. The molecule has 0 bridgehead atoms. The van der Waals surface area contributed by atoms with Crippen LogP contribution in [0.4, 0.5) is 15.8 Å². The number of hydrogen-bond donors (Lipinski definition) is 3. The molecule has 0 fully saturated rings.